The van der Waals surface area contributed by atoms with Gasteiger partial charge >= 0.3 is 6.03 Å². The van der Waals surface area contributed by atoms with Crippen LogP contribution in [0.3, 0.4) is 0 Å². The van der Waals surface area contributed by atoms with Crippen LogP contribution >= 0.6 is 0 Å². The largest absolute Gasteiger partial charge is 0.494 e. The van der Waals surface area contributed by atoms with Gasteiger partial charge in [-0.15, -0.1) is 0 Å². The van der Waals surface area contributed by atoms with Crippen molar-refractivity contribution < 1.29 is 14.6 Å². The predicted molar refractivity (Wildman–Crippen MR) is 85.8 cm³/mol. The summed E-state index contributed by atoms with van der Waals surface area (Å²) in [4.78, 5) is 11.9. The van der Waals surface area contributed by atoms with E-state index in [1.54, 1.807) is 0 Å². The number of hydrogen-bond donors (Lipinski definition) is 3. The minimum atomic E-state index is -0.212. The Bertz CT molecular complexity index is 543. The van der Waals surface area contributed by atoms with E-state index in [-0.39, 0.29) is 24.6 Å². The molecule has 0 saturated heterocycles. The second-order valence-corrected chi connectivity index (χ2v) is 5.54. The summed E-state index contributed by atoms with van der Waals surface area (Å²) in [6.07, 6.45) is 4.62. The van der Waals surface area contributed by atoms with E-state index >= 15 is 0 Å². The highest BCUT2D eigenvalue weighted by atomic mass is 16.5. The van der Waals surface area contributed by atoms with Crippen molar-refractivity contribution in [3.05, 3.63) is 41.5 Å². The van der Waals surface area contributed by atoms with Gasteiger partial charge in [0.1, 0.15) is 5.75 Å². The fraction of sp³-hybridized carbons (Fsp3) is 0.471. The number of hydrogen-bond acceptors (Lipinski definition) is 3. The lowest BCUT2D eigenvalue weighted by Crippen LogP contribution is -2.40. The van der Waals surface area contributed by atoms with E-state index in [4.69, 9.17) is 9.84 Å². The average Bonchev–Trinajstić information content (AvgIpc) is 2.94. The Morgan fingerprint density at radius 1 is 1.41 bits per heavy atom. The summed E-state index contributed by atoms with van der Waals surface area (Å²) < 4.78 is 5.60. The molecule has 5 nitrogen and oxygen atoms in total. The maximum atomic E-state index is 11.9. The highest BCUT2D eigenvalue weighted by Crippen LogP contribution is 2.20. The summed E-state index contributed by atoms with van der Waals surface area (Å²) in [7, 11) is 0. The van der Waals surface area contributed by atoms with Gasteiger partial charge in [-0.05, 0) is 31.9 Å². The standard InChI is InChI=1S/C17H24N2O3/c1-3-22-16-8-12(2)4-6-14(16)10-18-17(21)19-15-7-5-13(9-15)11-20/h4-8,13,15,20H,3,9-11H2,1-2H3,(H2,18,19,21)/t13-,15+/m0/s1. The molecule has 0 saturated carbocycles. The Labute approximate surface area is 131 Å². The van der Waals surface area contributed by atoms with Gasteiger partial charge in [0.25, 0.3) is 0 Å². The highest BCUT2D eigenvalue weighted by molar-refractivity contribution is 5.74. The molecule has 2 atom stereocenters. The molecule has 2 rings (SSSR count). The number of carbonyl (C=O) groups is 1. The molecule has 0 aliphatic heterocycles. The number of ether oxygens (including phenoxy) is 1. The summed E-state index contributed by atoms with van der Waals surface area (Å²) in [5.41, 5.74) is 2.08. The fourth-order valence-corrected chi connectivity index (χ4v) is 2.51. The van der Waals surface area contributed by atoms with E-state index in [9.17, 15) is 4.79 Å². The number of carbonyl (C=O) groups excluding carboxylic acids is 1. The SMILES string of the molecule is CCOc1cc(C)ccc1CNC(=O)N[C@@H]1C=C[C@H](CO)C1. The number of amides is 2. The normalized spacial score (nSPS) is 20.0. The second kappa shape index (κ2) is 7.84. The van der Waals surface area contributed by atoms with Gasteiger partial charge < -0.3 is 20.5 Å². The Morgan fingerprint density at radius 3 is 2.91 bits per heavy atom. The molecule has 0 unspecified atom stereocenters. The smallest absolute Gasteiger partial charge is 0.315 e. The first-order valence-electron chi connectivity index (χ1n) is 7.68. The van der Waals surface area contributed by atoms with E-state index in [0.29, 0.717) is 13.2 Å². The molecule has 0 radical (unpaired) electrons. The highest BCUT2D eigenvalue weighted by Gasteiger charge is 2.19. The van der Waals surface area contributed by atoms with Crippen molar-refractivity contribution in [3.8, 4) is 5.75 Å². The average molecular weight is 304 g/mol. The van der Waals surface area contributed by atoms with Crippen LogP contribution in [0.2, 0.25) is 0 Å². The Morgan fingerprint density at radius 2 is 2.23 bits per heavy atom. The van der Waals surface area contributed by atoms with Crippen molar-refractivity contribution in [3.63, 3.8) is 0 Å². The molecular formula is C17H24N2O3. The van der Waals surface area contributed by atoms with Crippen molar-refractivity contribution in [1.82, 2.24) is 10.6 Å². The van der Waals surface area contributed by atoms with Gasteiger partial charge in [0, 0.05) is 30.7 Å². The van der Waals surface area contributed by atoms with E-state index in [0.717, 1.165) is 23.3 Å². The summed E-state index contributed by atoms with van der Waals surface area (Å²) in [6, 6.07) is 5.72. The molecule has 1 aliphatic carbocycles. The van der Waals surface area contributed by atoms with Crippen LogP contribution in [0, 0.1) is 12.8 Å². The van der Waals surface area contributed by atoms with Crippen LogP contribution in [0.4, 0.5) is 4.79 Å². The van der Waals surface area contributed by atoms with E-state index in [2.05, 4.69) is 10.6 Å². The third-order valence-corrected chi connectivity index (χ3v) is 3.69. The molecule has 0 fully saturated rings. The van der Waals surface area contributed by atoms with Crippen molar-refractivity contribution in [2.75, 3.05) is 13.2 Å². The lowest BCUT2D eigenvalue weighted by Gasteiger charge is -2.15. The number of benzene rings is 1. The summed E-state index contributed by atoms with van der Waals surface area (Å²) in [5.74, 6) is 0.955. The molecule has 0 heterocycles. The van der Waals surface area contributed by atoms with Gasteiger partial charge in [0.2, 0.25) is 0 Å². The number of urea groups is 1. The first kappa shape index (κ1) is 16.4. The van der Waals surface area contributed by atoms with Crippen LogP contribution in [-0.4, -0.2) is 30.4 Å². The molecule has 3 N–H and O–H groups in total. The van der Waals surface area contributed by atoms with Crippen molar-refractivity contribution in [2.45, 2.75) is 32.9 Å². The molecule has 1 aromatic carbocycles. The Balaban J connectivity index is 1.85. The number of rotatable bonds is 6. The minimum absolute atomic E-state index is 0.0125. The monoisotopic (exact) mass is 304 g/mol. The van der Waals surface area contributed by atoms with Crippen molar-refractivity contribution in [1.29, 1.82) is 0 Å². The van der Waals surface area contributed by atoms with Crippen molar-refractivity contribution in [2.24, 2.45) is 5.92 Å². The van der Waals surface area contributed by atoms with Gasteiger partial charge in [0.15, 0.2) is 0 Å². The Kier molecular flexibility index (Phi) is 5.83. The predicted octanol–water partition coefficient (Wildman–Crippen LogP) is 2.13. The molecule has 0 spiro atoms. The van der Waals surface area contributed by atoms with Crippen LogP contribution in [0.1, 0.15) is 24.5 Å². The topological polar surface area (TPSA) is 70.6 Å². The molecule has 1 aliphatic rings. The molecule has 1 aromatic rings. The molecule has 5 heteroatoms. The molecule has 2 amide bonds. The van der Waals surface area contributed by atoms with Crippen LogP contribution in [0.5, 0.6) is 5.75 Å². The van der Waals surface area contributed by atoms with E-state index in [1.807, 2.05) is 44.2 Å². The number of aliphatic hydroxyl groups excluding tert-OH is 1. The van der Waals surface area contributed by atoms with Gasteiger partial charge in [-0.1, -0.05) is 24.3 Å². The zero-order chi connectivity index (χ0) is 15.9. The van der Waals surface area contributed by atoms with E-state index < -0.39 is 0 Å². The quantitative estimate of drug-likeness (QED) is 0.705. The summed E-state index contributed by atoms with van der Waals surface area (Å²) >= 11 is 0. The maximum absolute atomic E-state index is 11.9. The molecule has 0 bridgehead atoms. The van der Waals surface area contributed by atoms with Gasteiger partial charge in [-0.25, -0.2) is 4.79 Å². The van der Waals surface area contributed by atoms with Crippen LogP contribution in [-0.2, 0) is 6.54 Å². The van der Waals surface area contributed by atoms with Crippen LogP contribution in [0.25, 0.3) is 0 Å². The number of nitrogens with one attached hydrogen (secondary N) is 2. The van der Waals surface area contributed by atoms with Crippen LogP contribution < -0.4 is 15.4 Å². The lowest BCUT2D eigenvalue weighted by molar-refractivity contribution is 0.231. The number of aryl methyl sites for hydroxylation is 1. The molecule has 120 valence electrons. The molecule has 22 heavy (non-hydrogen) atoms. The number of aliphatic hydroxyl groups is 1. The van der Waals surface area contributed by atoms with Crippen LogP contribution in [0.15, 0.2) is 30.4 Å². The van der Waals surface area contributed by atoms with Crippen molar-refractivity contribution >= 4 is 6.03 Å². The van der Waals surface area contributed by atoms with Gasteiger partial charge in [-0.3, -0.25) is 0 Å². The third kappa shape index (κ3) is 4.49. The zero-order valence-electron chi connectivity index (χ0n) is 13.1. The maximum Gasteiger partial charge on any atom is 0.315 e. The third-order valence-electron chi connectivity index (χ3n) is 3.69. The molecule has 0 aromatic heterocycles. The Hall–Kier alpha value is -2.01. The minimum Gasteiger partial charge on any atom is -0.494 e. The summed E-state index contributed by atoms with van der Waals surface area (Å²) in [6.45, 7) is 5.09. The molecular weight excluding hydrogens is 280 g/mol. The first-order valence-corrected chi connectivity index (χ1v) is 7.68. The van der Waals surface area contributed by atoms with Gasteiger partial charge in [0.05, 0.1) is 6.61 Å². The second-order valence-electron chi connectivity index (χ2n) is 5.54. The van der Waals surface area contributed by atoms with E-state index in [1.165, 1.54) is 0 Å². The summed E-state index contributed by atoms with van der Waals surface area (Å²) in [5, 5.41) is 14.8. The van der Waals surface area contributed by atoms with Gasteiger partial charge in [-0.2, -0.15) is 0 Å². The first-order chi connectivity index (χ1) is 10.6. The lowest BCUT2D eigenvalue weighted by atomic mass is 10.1. The fourth-order valence-electron chi connectivity index (χ4n) is 2.51. The zero-order valence-corrected chi connectivity index (χ0v) is 13.1.